The summed E-state index contributed by atoms with van der Waals surface area (Å²) in [6.45, 7) is 7.92. The molecule has 11 N–H and O–H groups in total. The highest BCUT2D eigenvalue weighted by atomic mass is 35.5. The van der Waals surface area contributed by atoms with Gasteiger partial charge in [-0.15, -0.1) is 0 Å². The minimum atomic E-state index is -0.568. The number of anilines is 4. The molecule has 29 nitrogen and oxygen atoms in total. The van der Waals surface area contributed by atoms with E-state index in [1.807, 2.05) is 119 Å². The molecule has 118 heavy (non-hydrogen) atoms. The lowest BCUT2D eigenvalue weighted by atomic mass is 10.1. The zero-order valence-corrected chi connectivity index (χ0v) is 67.6. The SMILES string of the molecule is CNC(=O)c1c[nH]c2ncnc(N[C@@H](C)c3cc4cccc(Cl)c4c(=O)n3C3CC3)c12.C[C@H](Nc1ncnc2[nH]cc(C#N)c12)c1cc2cccc(Cl)c2c(=O)n1C1CC1.C[C@H](Nc1ncnc2[nH]cc(C(N)=O)c12)c1cc2cccc(Cl)c2c(=O)n1C1CC1.C[C@H](Nc1ncnc2[nH]cc(Cl)c12)c1cc2cccc(Cl)c2c(=O)n1C1CC1. The van der Waals surface area contributed by atoms with Gasteiger partial charge in [-0.2, -0.15) is 5.26 Å². The van der Waals surface area contributed by atoms with Crippen molar-refractivity contribution in [3.8, 4) is 6.07 Å². The van der Waals surface area contributed by atoms with Gasteiger partial charge in [0.2, 0.25) is 0 Å². The molecule has 2 amide bonds. The molecule has 0 spiro atoms. The molecular weight excluding hydrogens is 1600 g/mol. The van der Waals surface area contributed by atoms with Gasteiger partial charge in [0.25, 0.3) is 34.1 Å². The number of pyridine rings is 4. The molecule has 4 aliphatic rings. The van der Waals surface area contributed by atoms with Gasteiger partial charge in [0.05, 0.1) is 109 Å². The number of carbonyl (C=O) groups is 2. The van der Waals surface area contributed by atoms with Crippen molar-refractivity contribution in [1.29, 1.82) is 5.26 Å². The van der Waals surface area contributed by atoms with Gasteiger partial charge in [0.15, 0.2) is 0 Å². The zero-order valence-electron chi connectivity index (χ0n) is 63.9. The molecule has 0 bridgehead atoms. The Morgan fingerprint density at radius 2 is 0.695 bits per heavy atom. The number of nitriles is 1. The van der Waals surface area contributed by atoms with Crippen molar-refractivity contribution in [2.24, 2.45) is 5.73 Å². The van der Waals surface area contributed by atoms with Gasteiger partial charge in [-0.05, 0) is 149 Å². The number of hydrogen-bond donors (Lipinski definition) is 10. The van der Waals surface area contributed by atoms with E-state index < -0.39 is 5.91 Å². The molecule has 0 aliphatic heterocycles. The maximum absolute atomic E-state index is 13.3. The Morgan fingerprint density at radius 3 is 1.02 bits per heavy atom. The van der Waals surface area contributed by atoms with E-state index >= 15 is 0 Å². The van der Waals surface area contributed by atoms with Gasteiger partial charge < -0.3 is 70.5 Å². The van der Waals surface area contributed by atoms with Crippen LogP contribution in [0.1, 0.15) is 176 Å². The number of aromatic nitrogens is 16. The van der Waals surface area contributed by atoms with Crippen LogP contribution in [0.15, 0.2) is 166 Å². The molecule has 596 valence electrons. The van der Waals surface area contributed by atoms with E-state index in [9.17, 15) is 34.0 Å². The first-order valence-corrected chi connectivity index (χ1v) is 40.2. The second-order valence-electron chi connectivity index (χ2n) is 29.8. The van der Waals surface area contributed by atoms with Crippen LogP contribution >= 0.6 is 58.0 Å². The molecule has 12 heterocycles. The number of halogens is 5. The van der Waals surface area contributed by atoms with Crippen LogP contribution in [0.4, 0.5) is 23.3 Å². The third-order valence-electron chi connectivity index (χ3n) is 21.8. The first-order chi connectivity index (χ1) is 57.1. The predicted octanol–water partition coefficient (Wildman–Crippen LogP) is 16.7. The van der Waals surface area contributed by atoms with Crippen molar-refractivity contribution in [2.75, 3.05) is 28.3 Å². The van der Waals surface area contributed by atoms with Crippen molar-refractivity contribution in [3.63, 3.8) is 0 Å². The van der Waals surface area contributed by atoms with Crippen molar-refractivity contribution in [1.82, 2.24) is 83.4 Å². The molecular formula is C84H74Cl5N23O6. The molecule has 12 aromatic heterocycles. The molecule has 4 aliphatic carbocycles. The van der Waals surface area contributed by atoms with E-state index in [0.717, 1.165) is 101 Å². The number of rotatable bonds is 18. The average Bonchev–Trinajstić information content (AvgIpc) is 1.28. The molecule has 4 saturated carbocycles. The Morgan fingerprint density at radius 1 is 0.407 bits per heavy atom. The van der Waals surface area contributed by atoms with Gasteiger partial charge in [-0.3, -0.25) is 28.8 Å². The largest absolute Gasteiger partial charge is 0.366 e. The average molecular weight is 1680 g/mol. The lowest BCUT2D eigenvalue weighted by molar-refractivity contribution is 0.0963. The Kier molecular flexibility index (Phi) is 20.9. The van der Waals surface area contributed by atoms with Crippen molar-refractivity contribution in [2.45, 2.75) is 127 Å². The number of primary amides is 1. The van der Waals surface area contributed by atoms with Gasteiger partial charge in [-0.25, -0.2) is 39.9 Å². The Balaban J connectivity index is 0.000000113. The van der Waals surface area contributed by atoms with Gasteiger partial charge >= 0.3 is 0 Å². The van der Waals surface area contributed by atoms with Crippen LogP contribution in [-0.2, 0) is 0 Å². The fourth-order valence-corrected chi connectivity index (χ4v) is 16.8. The second-order valence-corrected chi connectivity index (χ2v) is 31.8. The Labute approximate surface area is 694 Å². The molecule has 4 fully saturated rings. The molecule has 0 unspecified atom stereocenters. The summed E-state index contributed by atoms with van der Waals surface area (Å²) in [5, 5.41) is 36.0. The summed E-state index contributed by atoms with van der Waals surface area (Å²) in [6.07, 6.45) is 20.0. The fraction of sp³-hybridized carbons (Fsp3) is 0.250. The Hall–Kier alpha value is -12.7. The number of carbonyl (C=O) groups excluding carboxylic acids is 2. The predicted molar refractivity (Wildman–Crippen MR) is 461 cm³/mol. The molecule has 4 aromatic carbocycles. The lowest BCUT2D eigenvalue weighted by Crippen LogP contribution is -2.26. The summed E-state index contributed by atoms with van der Waals surface area (Å²) >= 11 is 31.6. The monoisotopic (exact) mass is 1680 g/mol. The number of amides is 2. The molecule has 0 saturated heterocycles. The van der Waals surface area contributed by atoms with Gasteiger partial charge in [-0.1, -0.05) is 107 Å². The van der Waals surface area contributed by atoms with Crippen molar-refractivity contribution >= 4 is 180 Å². The minimum absolute atomic E-state index is 0.0400. The van der Waals surface area contributed by atoms with Crippen molar-refractivity contribution in [3.05, 3.63) is 253 Å². The van der Waals surface area contributed by atoms with Crippen LogP contribution in [0, 0.1) is 11.3 Å². The highest BCUT2D eigenvalue weighted by Crippen LogP contribution is 2.44. The number of benzene rings is 4. The third kappa shape index (κ3) is 14.7. The number of H-pyrrole nitrogens is 4. The minimum Gasteiger partial charge on any atom is -0.366 e. The number of nitrogens with two attached hydrogens (primary N) is 1. The number of aromatic amines is 4. The van der Waals surface area contributed by atoms with Crippen LogP contribution in [-0.4, -0.2) is 96.9 Å². The van der Waals surface area contributed by atoms with E-state index in [-0.39, 0.29) is 76.5 Å². The highest BCUT2D eigenvalue weighted by Gasteiger charge is 2.35. The van der Waals surface area contributed by atoms with Crippen LogP contribution in [0.2, 0.25) is 25.1 Å². The number of hydrogen-bond acceptors (Lipinski definition) is 19. The zero-order chi connectivity index (χ0) is 82.2. The highest BCUT2D eigenvalue weighted by molar-refractivity contribution is 6.37. The van der Waals surface area contributed by atoms with Crippen LogP contribution < -0.4 is 54.6 Å². The Bertz CT molecular complexity index is 7070. The molecule has 0 radical (unpaired) electrons. The number of fused-ring (bicyclic) bond motifs is 8. The van der Waals surface area contributed by atoms with Crippen LogP contribution in [0.5, 0.6) is 0 Å². The summed E-state index contributed by atoms with van der Waals surface area (Å²) in [5.74, 6) is 1.39. The summed E-state index contributed by atoms with van der Waals surface area (Å²) in [4.78, 5) is 123. The quantitative estimate of drug-likeness (QED) is 0.0381. The van der Waals surface area contributed by atoms with E-state index in [0.29, 0.717) is 125 Å². The van der Waals surface area contributed by atoms with Crippen molar-refractivity contribution < 1.29 is 9.59 Å². The standard InChI is InChI=1S/C22H21ClN6O2.C21H19ClN6O2.C21H17ClN6O.C20H17Cl2N5O/c1-11(28-20-18-14(21(30)24-2)9-25-19(18)26-10-27-20)16-8-12-4-3-5-15(23)17(12)22(31)29(16)13-6-7-13;1-10(27-20-17-13(18(23)29)8-24-19(17)25-9-26-20)15-7-11-3-2-4-14(22)16(11)21(30)28(15)12-5-6-12;1-11(27-20-18-13(8-23)9-24-19(18)25-10-26-20)16-7-12-3-2-4-15(22)17(12)21(29)28(16)14-5-6-14;1-10(26-19-17-14(22)8-23-18(17)24-9-25-19)15-7-11-3-2-4-13(21)16(11)20(28)27(15)12-5-6-12/h3-5,8-11,13H,6-7H2,1-2H3,(H,24,30)(H2,25,26,27,28);2-4,7-10,12H,5-6H2,1H3,(H2,23,29)(H2,24,25,26,27);2-4,7,9-11,14H,5-6H2,1H3,(H2,24,25,26,27);2-4,7-10,12H,5-6H2,1H3,(H2,23,24,25,26)/t11-;10-;11-;10-/m0000/s1. The number of nitrogens with zero attached hydrogens (tertiary/aromatic N) is 13. The lowest BCUT2D eigenvalue weighted by Gasteiger charge is -2.21. The second kappa shape index (κ2) is 31.7. The molecule has 34 heteroatoms. The van der Waals surface area contributed by atoms with Gasteiger partial charge in [0, 0.05) is 78.8 Å². The number of nitrogens with one attached hydrogen (secondary N) is 9. The summed E-state index contributed by atoms with van der Waals surface area (Å²) in [5.41, 5.74) is 12.3. The first-order valence-electron chi connectivity index (χ1n) is 38.3. The fourth-order valence-electron chi connectivity index (χ4n) is 15.5. The van der Waals surface area contributed by atoms with Gasteiger partial charge in [0.1, 0.15) is 77.2 Å². The van der Waals surface area contributed by atoms with E-state index in [1.165, 1.54) is 31.5 Å². The molecule has 20 rings (SSSR count). The summed E-state index contributed by atoms with van der Waals surface area (Å²) in [7, 11) is 1.58. The summed E-state index contributed by atoms with van der Waals surface area (Å²) in [6, 6.07) is 32.0. The first kappa shape index (κ1) is 77.8. The third-order valence-corrected chi connectivity index (χ3v) is 23.3. The summed E-state index contributed by atoms with van der Waals surface area (Å²) < 4.78 is 7.41. The topological polar surface area (TPSA) is 398 Å². The molecule has 4 atom stereocenters. The maximum Gasteiger partial charge on any atom is 0.260 e. The van der Waals surface area contributed by atoms with E-state index in [2.05, 4.69) is 92.5 Å². The maximum atomic E-state index is 13.3. The van der Waals surface area contributed by atoms with Crippen LogP contribution in [0.25, 0.3) is 87.2 Å². The van der Waals surface area contributed by atoms with E-state index in [4.69, 9.17) is 63.7 Å². The van der Waals surface area contributed by atoms with Crippen LogP contribution in [0.3, 0.4) is 0 Å². The smallest absolute Gasteiger partial charge is 0.260 e. The normalized spacial score (nSPS) is 14.9. The molecule has 16 aromatic rings. The van der Waals surface area contributed by atoms with E-state index in [1.54, 1.807) is 49.9 Å².